The number of thiazole rings is 1. The molecule has 0 N–H and O–H groups in total. The zero-order valence-corrected chi connectivity index (χ0v) is 15.7. The van der Waals surface area contributed by atoms with Crippen molar-refractivity contribution in [2.24, 2.45) is 17.8 Å². The molecule has 2 bridgehead atoms. The molecule has 0 spiro atoms. The van der Waals surface area contributed by atoms with Crippen LogP contribution in [0.25, 0.3) is 10.2 Å². The highest BCUT2D eigenvalue weighted by Crippen LogP contribution is 2.50. The Bertz CT molecular complexity index is 946. The minimum absolute atomic E-state index is 0.153. The van der Waals surface area contributed by atoms with Crippen molar-refractivity contribution < 1.29 is 4.79 Å². The molecular weight excluding hydrogens is 340 g/mol. The molecule has 2 aliphatic rings. The van der Waals surface area contributed by atoms with Gasteiger partial charge in [-0.2, -0.15) is 0 Å². The molecule has 3 unspecified atom stereocenters. The zero-order chi connectivity index (χ0) is 17.7. The Kier molecular flexibility index (Phi) is 3.82. The van der Waals surface area contributed by atoms with Gasteiger partial charge in [0.1, 0.15) is 0 Å². The van der Waals surface area contributed by atoms with E-state index in [4.69, 9.17) is 4.98 Å². The molecule has 132 valence electrons. The summed E-state index contributed by atoms with van der Waals surface area (Å²) >= 11 is 1.61. The molecule has 3 aromatic rings. The molecule has 3 atom stereocenters. The summed E-state index contributed by atoms with van der Waals surface area (Å²) in [5.41, 5.74) is 3.05. The van der Waals surface area contributed by atoms with E-state index < -0.39 is 0 Å². The molecule has 2 aliphatic carbocycles. The van der Waals surface area contributed by atoms with E-state index in [1.165, 1.54) is 19.3 Å². The van der Waals surface area contributed by atoms with Crippen LogP contribution in [0.5, 0.6) is 0 Å². The fourth-order valence-corrected chi connectivity index (χ4v) is 5.78. The number of aromatic nitrogens is 1. The van der Waals surface area contributed by atoms with Crippen molar-refractivity contribution >= 4 is 38.3 Å². The monoisotopic (exact) mass is 362 g/mol. The van der Waals surface area contributed by atoms with Gasteiger partial charge in [0, 0.05) is 5.92 Å². The van der Waals surface area contributed by atoms with E-state index >= 15 is 0 Å². The third-order valence-corrected chi connectivity index (χ3v) is 7.13. The molecule has 3 nitrogen and oxygen atoms in total. The normalized spacial score (nSPS) is 24.3. The quantitative estimate of drug-likeness (QED) is 0.598. The molecule has 2 aromatic carbocycles. The number of amides is 1. The minimum Gasteiger partial charge on any atom is -0.274 e. The SMILES string of the molecule is Cc1ccccc1N(C(=O)C1CC2CCC1C2)c1nc2ccccc2s1. The first-order chi connectivity index (χ1) is 12.7. The van der Waals surface area contributed by atoms with E-state index in [1.54, 1.807) is 11.3 Å². The largest absolute Gasteiger partial charge is 0.274 e. The first-order valence-corrected chi connectivity index (χ1v) is 10.3. The van der Waals surface area contributed by atoms with Crippen molar-refractivity contribution in [3.8, 4) is 0 Å². The summed E-state index contributed by atoms with van der Waals surface area (Å²) in [5.74, 6) is 1.71. The van der Waals surface area contributed by atoms with Crippen molar-refractivity contribution in [3.63, 3.8) is 0 Å². The fraction of sp³-hybridized carbons (Fsp3) is 0.364. The second-order valence-electron chi connectivity index (χ2n) is 7.71. The number of hydrogen-bond acceptors (Lipinski definition) is 3. The summed E-state index contributed by atoms with van der Waals surface area (Å²) in [6, 6.07) is 16.3. The highest BCUT2D eigenvalue weighted by molar-refractivity contribution is 7.22. The van der Waals surface area contributed by atoms with Crippen LogP contribution in [-0.2, 0) is 4.79 Å². The first-order valence-electron chi connectivity index (χ1n) is 9.46. The highest BCUT2D eigenvalue weighted by atomic mass is 32.1. The number of anilines is 2. The molecule has 0 radical (unpaired) electrons. The number of fused-ring (bicyclic) bond motifs is 3. The molecule has 5 rings (SSSR count). The second-order valence-corrected chi connectivity index (χ2v) is 8.71. The van der Waals surface area contributed by atoms with Gasteiger partial charge in [0.15, 0.2) is 5.13 Å². The van der Waals surface area contributed by atoms with Crippen molar-refractivity contribution in [3.05, 3.63) is 54.1 Å². The van der Waals surface area contributed by atoms with E-state index in [9.17, 15) is 4.79 Å². The van der Waals surface area contributed by atoms with Crippen LogP contribution in [0.3, 0.4) is 0 Å². The lowest BCUT2D eigenvalue weighted by Gasteiger charge is -2.28. The predicted molar refractivity (Wildman–Crippen MR) is 107 cm³/mol. The summed E-state index contributed by atoms with van der Waals surface area (Å²) in [4.78, 5) is 20.4. The van der Waals surface area contributed by atoms with Crippen molar-refractivity contribution in [2.75, 3.05) is 4.90 Å². The summed E-state index contributed by atoms with van der Waals surface area (Å²) in [6.45, 7) is 2.07. The maximum atomic E-state index is 13.7. The summed E-state index contributed by atoms with van der Waals surface area (Å²) in [6.07, 6.45) is 4.80. The summed E-state index contributed by atoms with van der Waals surface area (Å²) in [5, 5.41) is 0.799. The molecule has 0 aliphatic heterocycles. The van der Waals surface area contributed by atoms with Crippen molar-refractivity contribution in [2.45, 2.75) is 32.6 Å². The van der Waals surface area contributed by atoms with Gasteiger partial charge in [-0.1, -0.05) is 48.1 Å². The Morgan fingerprint density at radius 2 is 1.88 bits per heavy atom. The van der Waals surface area contributed by atoms with Gasteiger partial charge in [-0.3, -0.25) is 9.69 Å². The minimum atomic E-state index is 0.153. The number of aryl methyl sites for hydroxylation is 1. The standard InChI is InChI=1S/C22H22N2OS/c1-14-6-2-4-8-19(14)24(21(25)17-13-15-10-11-16(17)12-15)22-23-18-7-3-5-9-20(18)26-22/h2-9,15-17H,10-13H2,1H3. The molecule has 1 heterocycles. The van der Waals surface area contributed by atoms with Gasteiger partial charge >= 0.3 is 0 Å². The lowest BCUT2D eigenvalue weighted by atomic mass is 9.87. The maximum absolute atomic E-state index is 13.7. The Morgan fingerprint density at radius 3 is 2.62 bits per heavy atom. The van der Waals surface area contributed by atoms with Gasteiger partial charge in [0.05, 0.1) is 15.9 Å². The van der Waals surface area contributed by atoms with Crippen LogP contribution in [0.4, 0.5) is 10.8 Å². The number of benzene rings is 2. The maximum Gasteiger partial charge on any atom is 0.236 e. The third-order valence-electron chi connectivity index (χ3n) is 6.11. The summed E-state index contributed by atoms with van der Waals surface area (Å²) < 4.78 is 1.13. The van der Waals surface area contributed by atoms with Crippen molar-refractivity contribution in [1.29, 1.82) is 0 Å². The molecule has 2 fully saturated rings. The Hall–Kier alpha value is -2.20. The number of hydrogen-bond donors (Lipinski definition) is 0. The van der Waals surface area contributed by atoms with Crippen LogP contribution in [0, 0.1) is 24.7 Å². The van der Waals surface area contributed by atoms with Crippen LogP contribution in [-0.4, -0.2) is 10.9 Å². The van der Waals surface area contributed by atoms with Crippen LogP contribution < -0.4 is 4.90 Å². The van der Waals surface area contributed by atoms with Crippen LogP contribution in [0.15, 0.2) is 48.5 Å². The lowest BCUT2D eigenvalue weighted by Crippen LogP contribution is -2.35. The van der Waals surface area contributed by atoms with Gasteiger partial charge in [0.2, 0.25) is 5.91 Å². The second kappa shape index (κ2) is 6.20. The van der Waals surface area contributed by atoms with Gasteiger partial charge in [-0.15, -0.1) is 0 Å². The van der Waals surface area contributed by atoms with Gasteiger partial charge in [0.25, 0.3) is 0 Å². The molecule has 1 aromatic heterocycles. The molecule has 4 heteroatoms. The summed E-state index contributed by atoms with van der Waals surface area (Å²) in [7, 11) is 0. The number of carbonyl (C=O) groups excluding carboxylic acids is 1. The van der Waals surface area contributed by atoms with E-state index in [-0.39, 0.29) is 11.8 Å². The molecule has 1 amide bonds. The topological polar surface area (TPSA) is 33.2 Å². The average Bonchev–Trinajstić information content (AvgIpc) is 3.38. The Labute approximate surface area is 157 Å². The van der Waals surface area contributed by atoms with E-state index in [0.717, 1.165) is 38.9 Å². The Morgan fingerprint density at radius 1 is 1.08 bits per heavy atom. The van der Waals surface area contributed by atoms with Crippen LogP contribution in [0.2, 0.25) is 0 Å². The van der Waals surface area contributed by atoms with Gasteiger partial charge < -0.3 is 0 Å². The third kappa shape index (κ3) is 2.55. The highest BCUT2D eigenvalue weighted by Gasteiger charge is 2.45. The van der Waals surface area contributed by atoms with E-state index in [1.807, 2.05) is 41.3 Å². The molecule has 26 heavy (non-hydrogen) atoms. The smallest absolute Gasteiger partial charge is 0.236 e. The van der Waals surface area contributed by atoms with Gasteiger partial charge in [-0.05, 0) is 61.8 Å². The lowest BCUT2D eigenvalue weighted by molar-refractivity contribution is -0.123. The van der Waals surface area contributed by atoms with Crippen LogP contribution in [0.1, 0.15) is 31.2 Å². The molecule has 2 saturated carbocycles. The van der Waals surface area contributed by atoms with E-state index in [2.05, 4.69) is 19.1 Å². The number of carbonyl (C=O) groups is 1. The Balaban J connectivity index is 1.61. The predicted octanol–water partition coefficient (Wildman–Crippen LogP) is 5.71. The number of rotatable bonds is 3. The zero-order valence-electron chi connectivity index (χ0n) is 14.9. The fourth-order valence-electron chi connectivity index (χ4n) is 4.80. The average molecular weight is 362 g/mol. The van der Waals surface area contributed by atoms with E-state index in [0.29, 0.717) is 5.92 Å². The molecule has 0 saturated heterocycles. The van der Waals surface area contributed by atoms with Crippen LogP contribution >= 0.6 is 11.3 Å². The number of nitrogens with zero attached hydrogens (tertiary/aromatic N) is 2. The van der Waals surface area contributed by atoms with Crippen molar-refractivity contribution in [1.82, 2.24) is 4.98 Å². The molecular formula is C22H22N2OS. The first kappa shape index (κ1) is 16.0. The van der Waals surface area contributed by atoms with Gasteiger partial charge in [-0.25, -0.2) is 4.98 Å². The number of para-hydroxylation sites is 2.